The molecule has 1 heterocycles. The minimum atomic E-state index is -1.00. The van der Waals surface area contributed by atoms with Gasteiger partial charge in [-0.15, -0.1) is 0 Å². The lowest BCUT2D eigenvalue weighted by Gasteiger charge is -2.23. The summed E-state index contributed by atoms with van der Waals surface area (Å²) in [7, 11) is 0. The van der Waals surface area contributed by atoms with Crippen LogP contribution in [-0.4, -0.2) is 34.5 Å². The second-order valence-electron chi connectivity index (χ2n) is 3.84. The largest absolute Gasteiger partial charge is 0.461 e. The molecule has 0 saturated carbocycles. The Kier molecular flexibility index (Phi) is 1.72. The molecule has 0 fully saturated rings. The number of esters is 1. The number of hydrogen-bond donors (Lipinski definition) is 2. The van der Waals surface area contributed by atoms with Gasteiger partial charge in [0.05, 0.1) is 18.1 Å². The zero-order valence-corrected chi connectivity index (χ0v) is 7.41. The molecule has 2 N–H and O–H groups in total. The summed E-state index contributed by atoms with van der Waals surface area (Å²) in [4.78, 5) is 10.9. The van der Waals surface area contributed by atoms with Crippen molar-refractivity contribution in [3.8, 4) is 0 Å². The molecule has 1 aliphatic heterocycles. The minimum Gasteiger partial charge on any atom is -0.461 e. The number of cyclic esters (lactones) is 1. The molecule has 0 aromatic carbocycles. The maximum absolute atomic E-state index is 10.9. The molecule has 2 atom stereocenters. The van der Waals surface area contributed by atoms with Crippen molar-refractivity contribution in [3.63, 3.8) is 0 Å². The molecule has 0 saturated heterocycles. The van der Waals surface area contributed by atoms with E-state index in [1.165, 1.54) is 0 Å². The third-order valence-corrected chi connectivity index (χ3v) is 2.74. The van der Waals surface area contributed by atoms with Gasteiger partial charge in [0.25, 0.3) is 0 Å². The van der Waals surface area contributed by atoms with Crippen molar-refractivity contribution in [2.24, 2.45) is 0 Å². The van der Waals surface area contributed by atoms with E-state index in [1.54, 1.807) is 6.92 Å². The van der Waals surface area contributed by atoms with E-state index in [0.717, 1.165) is 0 Å². The van der Waals surface area contributed by atoms with Gasteiger partial charge in [0.15, 0.2) is 0 Å². The van der Waals surface area contributed by atoms with Crippen LogP contribution in [0.5, 0.6) is 0 Å². The summed E-state index contributed by atoms with van der Waals surface area (Å²) in [6.45, 7) is 1.76. The fourth-order valence-corrected chi connectivity index (χ4v) is 2.00. The lowest BCUT2D eigenvalue weighted by Crippen LogP contribution is -2.29. The van der Waals surface area contributed by atoms with Crippen molar-refractivity contribution >= 4 is 5.97 Å². The van der Waals surface area contributed by atoms with E-state index in [0.29, 0.717) is 11.1 Å². The van der Waals surface area contributed by atoms with Gasteiger partial charge in [-0.1, -0.05) is 0 Å². The Bertz CT molecular complexity index is 290. The Morgan fingerprint density at radius 2 is 2.31 bits per heavy atom. The molecule has 4 heteroatoms. The first kappa shape index (κ1) is 8.72. The number of carbonyl (C=O) groups excluding carboxylic acids is 1. The fourth-order valence-electron chi connectivity index (χ4n) is 2.00. The first-order valence-corrected chi connectivity index (χ1v) is 4.29. The SMILES string of the molecule is C[C@]1(O)C[C@@H](O)C2=C1COC(=O)C2. The molecular formula is C9H12O4. The van der Waals surface area contributed by atoms with Gasteiger partial charge in [0.1, 0.15) is 6.61 Å². The Hall–Kier alpha value is -0.870. The zero-order valence-electron chi connectivity index (χ0n) is 7.41. The summed E-state index contributed by atoms with van der Waals surface area (Å²) < 4.78 is 4.81. The van der Waals surface area contributed by atoms with Crippen LogP contribution in [0.2, 0.25) is 0 Å². The highest BCUT2D eigenvalue weighted by molar-refractivity contribution is 5.75. The van der Waals surface area contributed by atoms with Crippen LogP contribution in [0.1, 0.15) is 19.8 Å². The summed E-state index contributed by atoms with van der Waals surface area (Å²) in [6.07, 6.45) is -0.293. The predicted octanol–water partition coefficient (Wildman–Crippen LogP) is -0.254. The molecule has 0 radical (unpaired) electrons. The van der Waals surface area contributed by atoms with Crippen LogP contribution in [0.4, 0.5) is 0 Å². The highest BCUT2D eigenvalue weighted by atomic mass is 16.5. The molecule has 4 nitrogen and oxygen atoms in total. The summed E-state index contributed by atoms with van der Waals surface area (Å²) in [5.41, 5.74) is 0.330. The van der Waals surface area contributed by atoms with Crippen molar-refractivity contribution in [3.05, 3.63) is 11.1 Å². The van der Waals surface area contributed by atoms with Gasteiger partial charge in [-0.3, -0.25) is 4.79 Å². The van der Waals surface area contributed by atoms with Crippen molar-refractivity contribution in [1.29, 1.82) is 0 Å². The normalized spacial score (nSPS) is 39.0. The lowest BCUT2D eigenvalue weighted by atomic mass is 9.97. The van der Waals surface area contributed by atoms with Gasteiger partial charge in [0.2, 0.25) is 0 Å². The van der Waals surface area contributed by atoms with E-state index >= 15 is 0 Å². The standard InChI is InChI=1S/C9H12O4/c1-9(12)3-7(10)5-2-8(11)13-4-6(5)9/h7,10,12H,2-4H2,1H3/t7-,9+/m1/s1. The number of hydrogen-bond acceptors (Lipinski definition) is 4. The molecule has 0 bridgehead atoms. The summed E-state index contributed by atoms with van der Waals surface area (Å²) >= 11 is 0. The third-order valence-electron chi connectivity index (χ3n) is 2.74. The first-order valence-electron chi connectivity index (χ1n) is 4.29. The van der Waals surface area contributed by atoms with Crippen LogP contribution in [0.15, 0.2) is 11.1 Å². The second kappa shape index (κ2) is 2.56. The quantitative estimate of drug-likeness (QED) is 0.402. The Balaban J connectivity index is 2.36. The smallest absolute Gasteiger partial charge is 0.310 e. The monoisotopic (exact) mass is 184 g/mol. The maximum atomic E-state index is 10.9. The summed E-state index contributed by atoms with van der Waals surface area (Å²) in [6, 6.07) is 0. The number of carbonyl (C=O) groups is 1. The van der Waals surface area contributed by atoms with Crippen LogP contribution < -0.4 is 0 Å². The van der Waals surface area contributed by atoms with E-state index in [9.17, 15) is 15.0 Å². The summed E-state index contributed by atoms with van der Waals surface area (Å²) in [5, 5.41) is 19.4. The van der Waals surface area contributed by atoms with Crippen LogP contribution in [0.25, 0.3) is 0 Å². The Morgan fingerprint density at radius 1 is 1.62 bits per heavy atom. The third kappa shape index (κ3) is 1.26. The Morgan fingerprint density at radius 3 is 3.00 bits per heavy atom. The van der Waals surface area contributed by atoms with Crippen molar-refractivity contribution in [2.45, 2.75) is 31.5 Å². The van der Waals surface area contributed by atoms with Crippen molar-refractivity contribution in [1.82, 2.24) is 0 Å². The van der Waals surface area contributed by atoms with Crippen LogP contribution >= 0.6 is 0 Å². The van der Waals surface area contributed by atoms with E-state index < -0.39 is 11.7 Å². The molecule has 2 aliphatic rings. The van der Waals surface area contributed by atoms with E-state index in [2.05, 4.69) is 0 Å². The maximum Gasteiger partial charge on any atom is 0.310 e. The zero-order chi connectivity index (χ0) is 9.64. The van der Waals surface area contributed by atoms with E-state index in [4.69, 9.17) is 4.74 Å². The lowest BCUT2D eigenvalue weighted by molar-refractivity contribution is -0.143. The highest BCUT2D eigenvalue weighted by Crippen LogP contribution is 2.39. The molecule has 0 unspecified atom stereocenters. The topological polar surface area (TPSA) is 66.8 Å². The number of rotatable bonds is 0. The van der Waals surface area contributed by atoms with Gasteiger partial charge >= 0.3 is 5.97 Å². The molecule has 0 spiro atoms. The highest BCUT2D eigenvalue weighted by Gasteiger charge is 2.43. The van der Waals surface area contributed by atoms with Gasteiger partial charge < -0.3 is 14.9 Å². The molecule has 1 aliphatic carbocycles. The summed E-state index contributed by atoms with van der Waals surface area (Å²) in [5.74, 6) is -0.324. The van der Waals surface area contributed by atoms with Crippen LogP contribution in [0, 0.1) is 0 Å². The molecule has 2 rings (SSSR count). The van der Waals surface area contributed by atoms with Gasteiger partial charge in [-0.25, -0.2) is 0 Å². The molecule has 0 amide bonds. The second-order valence-corrected chi connectivity index (χ2v) is 3.84. The average Bonchev–Trinajstić information content (AvgIpc) is 2.22. The van der Waals surface area contributed by atoms with Crippen molar-refractivity contribution < 1.29 is 19.7 Å². The van der Waals surface area contributed by atoms with Gasteiger partial charge in [-0.2, -0.15) is 0 Å². The molecule has 72 valence electrons. The predicted molar refractivity (Wildman–Crippen MR) is 43.8 cm³/mol. The van der Waals surface area contributed by atoms with E-state index in [-0.39, 0.29) is 25.4 Å². The fraction of sp³-hybridized carbons (Fsp3) is 0.667. The average molecular weight is 184 g/mol. The molecule has 0 aromatic heterocycles. The van der Waals surface area contributed by atoms with Gasteiger partial charge in [-0.05, 0) is 12.5 Å². The molecular weight excluding hydrogens is 172 g/mol. The number of aliphatic hydroxyl groups excluding tert-OH is 1. The first-order chi connectivity index (χ1) is 6.00. The number of aliphatic hydroxyl groups is 2. The van der Waals surface area contributed by atoms with Gasteiger partial charge in [0, 0.05) is 12.0 Å². The Labute approximate surface area is 75.8 Å². The van der Waals surface area contributed by atoms with Crippen molar-refractivity contribution in [2.75, 3.05) is 6.61 Å². The number of ether oxygens (including phenoxy) is 1. The molecule has 13 heavy (non-hydrogen) atoms. The van der Waals surface area contributed by atoms with Crippen LogP contribution in [-0.2, 0) is 9.53 Å². The van der Waals surface area contributed by atoms with Crippen LogP contribution in [0.3, 0.4) is 0 Å². The van der Waals surface area contributed by atoms with E-state index in [1.807, 2.05) is 0 Å². The molecule has 0 aromatic rings. The minimum absolute atomic E-state index is 0.118.